The third-order valence-corrected chi connectivity index (χ3v) is 8.31. The molecule has 39 heavy (non-hydrogen) atoms. The zero-order valence-electron chi connectivity index (χ0n) is 21.2. The number of hydrogen-bond acceptors (Lipinski definition) is 9. The lowest BCUT2D eigenvalue weighted by Crippen LogP contribution is -2.22. The van der Waals surface area contributed by atoms with E-state index in [1.807, 2.05) is 0 Å². The summed E-state index contributed by atoms with van der Waals surface area (Å²) >= 11 is 5.99. The molecular weight excluding hydrogens is 554 g/mol. The van der Waals surface area contributed by atoms with E-state index in [-0.39, 0.29) is 48.7 Å². The first-order chi connectivity index (χ1) is 18.5. The van der Waals surface area contributed by atoms with Crippen LogP contribution in [0.2, 0.25) is 5.02 Å². The number of halogens is 2. The Morgan fingerprint density at radius 3 is 3.03 bits per heavy atom. The third kappa shape index (κ3) is 5.69. The number of hydrogen-bond donors (Lipinski definition) is 2. The number of imidazole rings is 1. The SMILES string of the molecule is C=C1C(n2cnc3c(=O)[nH]c(N=CN(C)C)nc32)C[C@H](O)[C@H]1CO[P@]1(=O)OCC[C@H](c2cc(Cl)ccc2F)O1. The van der Waals surface area contributed by atoms with E-state index in [0.29, 0.717) is 10.6 Å². The summed E-state index contributed by atoms with van der Waals surface area (Å²) in [6.07, 6.45) is 1.65. The predicted octanol–water partition coefficient (Wildman–Crippen LogP) is 3.91. The summed E-state index contributed by atoms with van der Waals surface area (Å²) in [5.74, 6) is -1.08. The summed E-state index contributed by atoms with van der Waals surface area (Å²) in [6, 6.07) is 3.56. The van der Waals surface area contributed by atoms with Crippen molar-refractivity contribution in [3.05, 3.63) is 63.4 Å². The van der Waals surface area contributed by atoms with Crippen LogP contribution in [0.15, 0.2) is 46.5 Å². The number of H-pyrrole nitrogens is 1. The van der Waals surface area contributed by atoms with Crippen LogP contribution < -0.4 is 5.56 Å². The number of phosphoric acid groups is 1. The van der Waals surface area contributed by atoms with Crippen molar-refractivity contribution in [1.82, 2.24) is 24.4 Å². The monoisotopic (exact) mass is 580 g/mol. The average Bonchev–Trinajstić information content (AvgIpc) is 3.43. The Hall–Kier alpha value is -2.93. The van der Waals surface area contributed by atoms with Gasteiger partial charge >= 0.3 is 7.82 Å². The zero-order chi connectivity index (χ0) is 27.9. The van der Waals surface area contributed by atoms with Gasteiger partial charge in [0.05, 0.1) is 44.1 Å². The fourth-order valence-electron chi connectivity index (χ4n) is 4.65. The lowest BCUT2D eigenvalue weighted by molar-refractivity contribution is 0.0155. The van der Waals surface area contributed by atoms with Crippen molar-refractivity contribution in [2.75, 3.05) is 27.3 Å². The van der Waals surface area contributed by atoms with Crippen LogP contribution in [0.5, 0.6) is 0 Å². The van der Waals surface area contributed by atoms with Gasteiger partial charge in [-0.25, -0.2) is 18.9 Å². The summed E-state index contributed by atoms with van der Waals surface area (Å²) < 4.78 is 45.7. The van der Waals surface area contributed by atoms with Crippen molar-refractivity contribution in [3.8, 4) is 0 Å². The highest BCUT2D eigenvalue weighted by atomic mass is 35.5. The summed E-state index contributed by atoms with van der Waals surface area (Å²) in [4.78, 5) is 29.5. The van der Waals surface area contributed by atoms with E-state index in [0.717, 1.165) is 0 Å². The smallest absolute Gasteiger partial charge is 0.392 e. The van der Waals surface area contributed by atoms with Crippen LogP contribution >= 0.6 is 19.4 Å². The third-order valence-electron chi connectivity index (χ3n) is 6.60. The van der Waals surface area contributed by atoms with Crippen LogP contribution in [0, 0.1) is 11.7 Å². The Morgan fingerprint density at radius 2 is 2.26 bits per heavy atom. The summed E-state index contributed by atoms with van der Waals surface area (Å²) in [5.41, 5.74) is 0.660. The van der Waals surface area contributed by atoms with E-state index in [1.54, 1.807) is 23.6 Å². The molecule has 1 saturated carbocycles. The Morgan fingerprint density at radius 1 is 1.46 bits per heavy atom. The van der Waals surface area contributed by atoms with Crippen molar-refractivity contribution in [2.24, 2.45) is 10.9 Å². The minimum Gasteiger partial charge on any atom is -0.392 e. The number of rotatable bonds is 7. The van der Waals surface area contributed by atoms with E-state index < -0.39 is 43.4 Å². The summed E-state index contributed by atoms with van der Waals surface area (Å²) in [5, 5.41) is 11.2. The van der Waals surface area contributed by atoms with Crippen LogP contribution in [0.4, 0.5) is 10.3 Å². The number of phosphoric ester groups is 1. The first-order valence-corrected chi connectivity index (χ1v) is 13.9. The molecule has 0 spiro atoms. The van der Waals surface area contributed by atoms with Crippen LogP contribution in [-0.2, 0) is 18.1 Å². The normalized spacial score (nSPS) is 27.6. The zero-order valence-corrected chi connectivity index (χ0v) is 22.8. The van der Waals surface area contributed by atoms with Crippen LogP contribution in [0.1, 0.15) is 30.6 Å². The van der Waals surface area contributed by atoms with E-state index in [2.05, 4.69) is 26.5 Å². The van der Waals surface area contributed by atoms with Crippen molar-refractivity contribution >= 4 is 42.9 Å². The van der Waals surface area contributed by atoms with Crippen molar-refractivity contribution < 1.29 is 27.6 Å². The number of nitrogens with zero attached hydrogens (tertiary/aromatic N) is 5. The van der Waals surface area contributed by atoms with Crippen molar-refractivity contribution in [1.29, 1.82) is 0 Å². The summed E-state index contributed by atoms with van der Waals surface area (Å²) in [6.45, 7) is 3.92. The number of nitrogens with one attached hydrogen (secondary N) is 1. The Kier molecular flexibility index (Phi) is 7.73. The fourth-order valence-corrected chi connectivity index (χ4v) is 6.23. The number of aliphatic hydroxyl groups excluding tert-OH is 1. The molecule has 2 N–H and O–H groups in total. The van der Waals surface area contributed by atoms with Crippen molar-refractivity contribution in [3.63, 3.8) is 0 Å². The molecule has 0 amide bonds. The molecule has 1 aliphatic carbocycles. The van der Waals surface area contributed by atoms with Crippen LogP contribution in [0.25, 0.3) is 11.2 Å². The van der Waals surface area contributed by atoms with Gasteiger partial charge in [-0.05, 0) is 30.2 Å². The maximum Gasteiger partial charge on any atom is 0.475 e. The molecule has 208 valence electrons. The largest absolute Gasteiger partial charge is 0.475 e. The molecule has 0 radical (unpaired) electrons. The van der Waals surface area contributed by atoms with Gasteiger partial charge in [0.1, 0.15) is 5.82 Å². The fraction of sp³-hybridized carbons (Fsp3) is 0.417. The van der Waals surface area contributed by atoms with Gasteiger partial charge in [0.15, 0.2) is 11.2 Å². The standard InChI is InChI=1S/C24H27ClFN6O6P/c1-13-16(10-37-39(35)36-7-6-20(38-39)15-8-14(25)4-5-17(15)26)19(33)9-18(13)32-12-27-21-22(32)29-24(30-23(21)34)28-11-31(2)3/h4-5,8,11-12,16,18-20,33H,1,6-7,9-10H2,2-3H3,(H,29,30,34)/t16-,18?,19-,20+,39-/m0/s1. The lowest BCUT2D eigenvalue weighted by Gasteiger charge is -2.30. The van der Waals surface area contributed by atoms with Crippen molar-refractivity contribution in [2.45, 2.75) is 31.1 Å². The second-order valence-electron chi connectivity index (χ2n) is 9.55. The predicted molar refractivity (Wildman–Crippen MR) is 142 cm³/mol. The minimum atomic E-state index is -4.08. The molecule has 0 bridgehead atoms. The summed E-state index contributed by atoms with van der Waals surface area (Å²) in [7, 11) is -0.519. The number of aliphatic imine (C=N–C) groups is 1. The molecule has 15 heteroatoms. The van der Waals surface area contributed by atoms with Gasteiger partial charge in [-0.2, -0.15) is 4.98 Å². The average molecular weight is 581 g/mol. The number of aliphatic hydroxyl groups is 1. The molecule has 1 saturated heterocycles. The van der Waals surface area contributed by atoms with Gasteiger partial charge in [-0.15, -0.1) is 0 Å². The van der Waals surface area contributed by atoms with Gasteiger partial charge in [-0.1, -0.05) is 18.2 Å². The van der Waals surface area contributed by atoms with Crippen LogP contribution in [0.3, 0.4) is 0 Å². The Balaban J connectivity index is 1.32. The van der Waals surface area contributed by atoms with E-state index in [4.69, 9.17) is 25.2 Å². The number of aromatic nitrogens is 4. The maximum atomic E-state index is 14.4. The Labute approximate surface area is 227 Å². The molecule has 3 heterocycles. The van der Waals surface area contributed by atoms with Gasteiger partial charge < -0.3 is 14.6 Å². The van der Waals surface area contributed by atoms with Gasteiger partial charge in [-0.3, -0.25) is 23.3 Å². The lowest BCUT2D eigenvalue weighted by atomic mass is 10.0. The molecule has 2 fully saturated rings. The van der Waals surface area contributed by atoms with Crippen LogP contribution in [-0.4, -0.2) is 69.3 Å². The Bertz CT molecular complexity index is 1540. The highest BCUT2D eigenvalue weighted by Crippen LogP contribution is 2.58. The van der Waals surface area contributed by atoms with Gasteiger partial charge in [0.2, 0.25) is 5.95 Å². The van der Waals surface area contributed by atoms with Gasteiger partial charge in [0.25, 0.3) is 5.56 Å². The highest BCUT2D eigenvalue weighted by Gasteiger charge is 2.42. The number of fused-ring (bicyclic) bond motifs is 1. The topological polar surface area (TPSA) is 144 Å². The molecule has 12 nitrogen and oxygen atoms in total. The molecule has 1 aromatic carbocycles. The quantitative estimate of drug-likeness (QED) is 0.184. The molecule has 1 unspecified atom stereocenters. The first kappa shape index (κ1) is 27.6. The minimum absolute atomic E-state index is 0.0184. The molecule has 3 aromatic rings. The molecule has 5 atom stereocenters. The second-order valence-corrected chi connectivity index (χ2v) is 11.6. The highest BCUT2D eigenvalue weighted by molar-refractivity contribution is 7.48. The second kappa shape index (κ2) is 10.9. The van der Waals surface area contributed by atoms with Gasteiger partial charge in [0, 0.05) is 37.0 Å². The van der Waals surface area contributed by atoms with E-state index in [1.165, 1.54) is 30.9 Å². The number of benzene rings is 1. The number of aromatic amines is 1. The molecule has 2 aromatic heterocycles. The molecule has 1 aliphatic heterocycles. The first-order valence-electron chi connectivity index (χ1n) is 12.1. The maximum absolute atomic E-state index is 14.4. The molecule has 5 rings (SSSR count). The van der Waals surface area contributed by atoms with E-state index in [9.17, 15) is 18.9 Å². The molecular formula is C24H27ClFN6O6P. The van der Waals surface area contributed by atoms with E-state index >= 15 is 0 Å². The molecule has 2 aliphatic rings.